The van der Waals surface area contributed by atoms with Gasteiger partial charge in [-0.15, -0.1) is 0 Å². The van der Waals surface area contributed by atoms with Gasteiger partial charge in [0.05, 0.1) is 30.7 Å². The third kappa shape index (κ3) is 4.42. The fourth-order valence-corrected chi connectivity index (χ4v) is 8.00. The lowest BCUT2D eigenvalue weighted by molar-refractivity contribution is -0.176. The number of carbonyl (C=O) groups is 2. The van der Waals surface area contributed by atoms with Gasteiger partial charge in [0.2, 0.25) is 5.91 Å². The molecule has 7 heteroatoms. The van der Waals surface area contributed by atoms with Gasteiger partial charge in [-0.1, -0.05) is 32.1 Å². The van der Waals surface area contributed by atoms with E-state index >= 15 is 0 Å². The van der Waals surface area contributed by atoms with Gasteiger partial charge in [0, 0.05) is 45.1 Å². The highest BCUT2D eigenvalue weighted by molar-refractivity contribution is 5.81. The normalized spacial score (nSPS) is 38.0. The Kier molecular flexibility index (Phi) is 7.30. The minimum atomic E-state index is -0.528. The molecule has 5 atom stereocenters. The topological polar surface area (TPSA) is 76.9 Å². The van der Waals surface area contributed by atoms with Gasteiger partial charge in [-0.05, 0) is 49.9 Å². The Morgan fingerprint density at radius 1 is 1.15 bits per heavy atom. The number of likely N-dealkylation sites (tertiary alicyclic amines) is 1. The molecule has 2 heterocycles. The molecule has 0 spiro atoms. The lowest BCUT2D eigenvalue weighted by atomic mass is 9.80. The van der Waals surface area contributed by atoms with Crippen molar-refractivity contribution in [2.24, 2.45) is 29.1 Å². The van der Waals surface area contributed by atoms with Gasteiger partial charge in [-0.25, -0.2) is 5.01 Å². The van der Waals surface area contributed by atoms with Crippen molar-refractivity contribution in [2.45, 2.75) is 82.7 Å². The van der Waals surface area contributed by atoms with E-state index in [9.17, 15) is 14.9 Å². The van der Waals surface area contributed by atoms with Crippen LogP contribution in [0.15, 0.2) is 0 Å². The second kappa shape index (κ2) is 10.2. The van der Waals surface area contributed by atoms with Crippen molar-refractivity contribution in [1.29, 1.82) is 5.26 Å². The Bertz CT molecular complexity index is 781. The Hall–Kier alpha value is -1.49. The fourth-order valence-electron chi connectivity index (χ4n) is 8.00. The molecule has 34 heavy (non-hydrogen) atoms. The molecular formula is C27H42N4O3. The molecule has 0 aromatic rings. The fraction of sp³-hybridized carbons (Fsp3) is 0.889. The molecule has 0 aromatic heterocycles. The maximum Gasteiger partial charge on any atom is 0.240 e. The van der Waals surface area contributed by atoms with Gasteiger partial charge in [-0.2, -0.15) is 5.26 Å². The summed E-state index contributed by atoms with van der Waals surface area (Å²) in [6, 6.07) is 3.17. The van der Waals surface area contributed by atoms with Crippen LogP contribution in [0.3, 0.4) is 0 Å². The van der Waals surface area contributed by atoms with Gasteiger partial charge in [0.1, 0.15) is 6.29 Å². The van der Waals surface area contributed by atoms with Crippen molar-refractivity contribution in [1.82, 2.24) is 14.9 Å². The number of rotatable bonds is 7. The van der Waals surface area contributed by atoms with Crippen molar-refractivity contribution in [3.05, 3.63) is 0 Å². The summed E-state index contributed by atoms with van der Waals surface area (Å²) < 4.78 is 5.90. The zero-order valence-corrected chi connectivity index (χ0v) is 20.9. The Morgan fingerprint density at radius 2 is 1.85 bits per heavy atom. The van der Waals surface area contributed by atoms with E-state index in [1.165, 1.54) is 57.8 Å². The van der Waals surface area contributed by atoms with E-state index in [1.807, 2.05) is 7.05 Å². The van der Waals surface area contributed by atoms with Gasteiger partial charge < -0.3 is 9.53 Å². The lowest BCUT2D eigenvalue weighted by Gasteiger charge is -2.47. The number of fused-ring (bicyclic) bond motifs is 1. The van der Waals surface area contributed by atoms with Crippen LogP contribution in [0, 0.1) is 40.4 Å². The SMILES string of the molecule is CN(C(=O)C(CC=O)C1C2CCCCC21)N1CCOCC1C1(C#N)CCN(C2CCCCC2)C1. The molecule has 188 valence electrons. The highest BCUT2D eigenvalue weighted by Crippen LogP contribution is 2.59. The van der Waals surface area contributed by atoms with Gasteiger partial charge in [-0.3, -0.25) is 14.7 Å². The number of nitrogens with zero attached hydrogens (tertiary/aromatic N) is 4. The van der Waals surface area contributed by atoms with Crippen LogP contribution in [0.4, 0.5) is 0 Å². The van der Waals surface area contributed by atoms with Gasteiger partial charge in [0.15, 0.2) is 0 Å². The molecule has 5 fully saturated rings. The van der Waals surface area contributed by atoms with E-state index in [2.05, 4.69) is 16.0 Å². The minimum absolute atomic E-state index is 0.0635. The first-order chi connectivity index (χ1) is 16.6. The number of ether oxygens (including phenoxy) is 1. The molecule has 2 aliphatic heterocycles. The largest absolute Gasteiger partial charge is 0.378 e. The Labute approximate surface area is 204 Å². The predicted octanol–water partition coefficient (Wildman–Crippen LogP) is 3.25. The molecule has 1 amide bonds. The first-order valence-corrected chi connectivity index (χ1v) is 13.8. The predicted molar refractivity (Wildman–Crippen MR) is 128 cm³/mol. The van der Waals surface area contributed by atoms with Crippen LogP contribution in [0.2, 0.25) is 0 Å². The summed E-state index contributed by atoms with van der Waals surface area (Å²) in [5, 5.41) is 14.4. The van der Waals surface area contributed by atoms with Crippen molar-refractivity contribution < 1.29 is 14.3 Å². The molecule has 7 nitrogen and oxygen atoms in total. The number of nitriles is 1. The van der Waals surface area contributed by atoms with Crippen LogP contribution in [-0.4, -0.2) is 79.1 Å². The quantitative estimate of drug-likeness (QED) is 0.532. The number of hydrogen-bond acceptors (Lipinski definition) is 6. The highest BCUT2D eigenvalue weighted by atomic mass is 16.5. The van der Waals surface area contributed by atoms with E-state index in [0.29, 0.717) is 50.0 Å². The molecule has 0 radical (unpaired) electrons. The first kappa shape index (κ1) is 24.2. The van der Waals surface area contributed by atoms with Crippen LogP contribution in [0.5, 0.6) is 0 Å². The van der Waals surface area contributed by atoms with Crippen molar-refractivity contribution in [2.75, 3.05) is 39.9 Å². The minimum Gasteiger partial charge on any atom is -0.378 e. The van der Waals surface area contributed by atoms with E-state index in [1.54, 1.807) is 5.01 Å². The maximum atomic E-state index is 13.8. The zero-order valence-electron chi connectivity index (χ0n) is 20.9. The average Bonchev–Trinajstić information content (AvgIpc) is 3.44. The highest BCUT2D eigenvalue weighted by Gasteiger charge is 2.57. The summed E-state index contributed by atoms with van der Waals surface area (Å²) in [4.78, 5) is 27.9. The molecular weight excluding hydrogens is 428 g/mol. The lowest BCUT2D eigenvalue weighted by Crippen LogP contribution is -2.62. The number of aldehydes is 1. The third-order valence-corrected chi connectivity index (χ3v) is 9.94. The second-order valence-electron chi connectivity index (χ2n) is 11.6. The third-order valence-electron chi connectivity index (χ3n) is 9.94. The standard InChI is InChI=1S/C27H42N4O3/c1-29(26(33)23(11-15-32)25-21-9-5-6-10-22(21)25)31-14-16-34-17-24(31)27(18-28)12-13-30(19-27)20-7-3-2-4-8-20/h15,20-25H,2-14,16-17,19H2,1H3. The second-order valence-corrected chi connectivity index (χ2v) is 11.6. The number of morpholine rings is 1. The van der Waals surface area contributed by atoms with Crippen LogP contribution < -0.4 is 0 Å². The van der Waals surface area contributed by atoms with Crippen molar-refractivity contribution in [3.8, 4) is 6.07 Å². The van der Waals surface area contributed by atoms with Crippen LogP contribution in [0.1, 0.15) is 70.6 Å². The summed E-state index contributed by atoms with van der Waals surface area (Å²) >= 11 is 0. The molecule has 0 N–H and O–H groups in total. The molecule has 3 aliphatic carbocycles. The molecule has 0 aromatic carbocycles. The van der Waals surface area contributed by atoms with Crippen molar-refractivity contribution in [3.63, 3.8) is 0 Å². The zero-order chi connectivity index (χ0) is 23.7. The number of hydrogen-bond donors (Lipinski definition) is 0. The number of amides is 1. The Balaban J connectivity index is 1.31. The van der Waals surface area contributed by atoms with Gasteiger partial charge in [0.25, 0.3) is 0 Å². The molecule has 5 unspecified atom stereocenters. The summed E-state index contributed by atoms with van der Waals surface area (Å²) in [6.45, 7) is 3.39. The monoisotopic (exact) mass is 470 g/mol. The Morgan fingerprint density at radius 3 is 2.53 bits per heavy atom. The average molecular weight is 471 g/mol. The molecule has 2 saturated heterocycles. The van der Waals surface area contributed by atoms with Gasteiger partial charge >= 0.3 is 0 Å². The molecule has 3 saturated carbocycles. The van der Waals surface area contributed by atoms with E-state index in [4.69, 9.17) is 4.74 Å². The van der Waals surface area contributed by atoms with Crippen LogP contribution in [0.25, 0.3) is 0 Å². The van der Waals surface area contributed by atoms with E-state index in [-0.39, 0.29) is 17.9 Å². The summed E-state index contributed by atoms with van der Waals surface area (Å²) in [5.74, 6) is 1.45. The summed E-state index contributed by atoms with van der Waals surface area (Å²) in [6.07, 6.45) is 13.4. The number of carbonyl (C=O) groups excluding carboxylic acids is 2. The number of hydrazine groups is 1. The smallest absolute Gasteiger partial charge is 0.240 e. The van der Waals surface area contributed by atoms with Crippen molar-refractivity contribution >= 4 is 12.2 Å². The van der Waals surface area contributed by atoms with E-state index in [0.717, 1.165) is 25.8 Å². The maximum absolute atomic E-state index is 13.8. The van der Waals surface area contributed by atoms with E-state index < -0.39 is 5.41 Å². The molecule has 5 rings (SSSR count). The van der Waals surface area contributed by atoms with Crippen LogP contribution in [-0.2, 0) is 14.3 Å². The molecule has 5 aliphatic rings. The summed E-state index contributed by atoms with van der Waals surface area (Å²) in [5.41, 5.74) is -0.528. The van der Waals surface area contributed by atoms with Crippen LogP contribution >= 0.6 is 0 Å². The summed E-state index contributed by atoms with van der Waals surface area (Å²) in [7, 11) is 1.86. The molecule has 0 bridgehead atoms. The first-order valence-electron chi connectivity index (χ1n) is 13.8.